The summed E-state index contributed by atoms with van der Waals surface area (Å²) in [5.74, 6) is 2.62. The van der Waals surface area contributed by atoms with E-state index in [1.165, 1.54) is 27.5 Å². The highest BCUT2D eigenvalue weighted by molar-refractivity contribution is 8.19. The van der Waals surface area contributed by atoms with Gasteiger partial charge in [0.1, 0.15) is 0 Å². The van der Waals surface area contributed by atoms with Crippen LogP contribution in [-0.4, -0.2) is 28.9 Å². The fraction of sp³-hybridized carbons (Fsp3) is 0.353. The number of carbonyl (C=O) groups excluding carboxylic acids is 1. The zero-order valence-electron chi connectivity index (χ0n) is 12.2. The summed E-state index contributed by atoms with van der Waals surface area (Å²) in [6.07, 6.45) is 0.992. The molecular weight excluding hydrogens is 330 g/mol. The van der Waals surface area contributed by atoms with E-state index in [0.717, 1.165) is 25.1 Å². The maximum atomic E-state index is 12.7. The van der Waals surface area contributed by atoms with Crippen LogP contribution in [0.2, 0.25) is 0 Å². The van der Waals surface area contributed by atoms with Crippen molar-refractivity contribution in [1.82, 2.24) is 4.90 Å². The molecule has 0 bridgehead atoms. The zero-order chi connectivity index (χ0) is 14.9. The first-order chi connectivity index (χ1) is 10.8. The van der Waals surface area contributed by atoms with E-state index >= 15 is 0 Å². The fourth-order valence-electron chi connectivity index (χ4n) is 2.94. The van der Waals surface area contributed by atoms with Gasteiger partial charge in [0, 0.05) is 35.0 Å². The largest absolute Gasteiger partial charge is 0.334 e. The standard InChI is InChI=1S/C17H17NOS3/c19-16(18-7-5-15-14(11-18)6-8-20-15)12-1-3-13(4-2-12)17-21-9-10-22-17/h1-4,6,8,17H,5,7,9-11H2. The second-order valence-electron chi connectivity index (χ2n) is 5.54. The summed E-state index contributed by atoms with van der Waals surface area (Å²) in [6.45, 7) is 1.59. The van der Waals surface area contributed by atoms with Crippen molar-refractivity contribution in [3.63, 3.8) is 0 Å². The molecule has 0 unspecified atom stereocenters. The van der Waals surface area contributed by atoms with Gasteiger partial charge in [0.2, 0.25) is 0 Å². The molecule has 1 aromatic heterocycles. The zero-order valence-corrected chi connectivity index (χ0v) is 14.6. The molecule has 4 rings (SSSR count). The normalized spacial score (nSPS) is 18.5. The smallest absolute Gasteiger partial charge is 0.254 e. The molecule has 0 saturated carbocycles. The molecule has 1 fully saturated rings. The van der Waals surface area contributed by atoms with Gasteiger partial charge in [-0.3, -0.25) is 4.79 Å². The van der Waals surface area contributed by atoms with E-state index in [1.54, 1.807) is 0 Å². The number of thioether (sulfide) groups is 2. The van der Waals surface area contributed by atoms with Gasteiger partial charge in [-0.25, -0.2) is 0 Å². The number of thiophene rings is 1. The monoisotopic (exact) mass is 347 g/mol. The summed E-state index contributed by atoms with van der Waals surface area (Å²) in [6, 6.07) is 10.4. The minimum absolute atomic E-state index is 0.162. The van der Waals surface area contributed by atoms with Crippen molar-refractivity contribution in [2.24, 2.45) is 0 Å². The number of hydrogen-bond acceptors (Lipinski definition) is 4. The van der Waals surface area contributed by atoms with E-state index < -0.39 is 0 Å². The summed E-state index contributed by atoms with van der Waals surface area (Å²) in [5, 5.41) is 2.13. The summed E-state index contributed by atoms with van der Waals surface area (Å²) in [5.41, 5.74) is 3.47. The molecule has 1 amide bonds. The molecule has 0 radical (unpaired) electrons. The van der Waals surface area contributed by atoms with Crippen molar-refractivity contribution in [3.8, 4) is 0 Å². The third-order valence-corrected chi connectivity index (χ3v) is 8.27. The van der Waals surface area contributed by atoms with Gasteiger partial charge in [0.25, 0.3) is 5.91 Å². The van der Waals surface area contributed by atoms with Crippen LogP contribution in [0.3, 0.4) is 0 Å². The lowest BCUT2D eigenvalue weighted by Gasteiger charge is -2.27. The van der Waals surface area contributed by atoms with E-state index in [4.69, 9.17) is 0 Å². The summed E-state index contributed by atoms with van der Waals surface area (Å²) in [7, 11) is 0. The Morgan fingerprint density at radius 2 is 1.86 bits per heavy atom. The number of nitrogens with zero attached hydrogens (tertiary/aromatic N) is 1. The highest BCUT2D eigenvalue weighted by atomic mass is 32.2. The highest BCUT2D eigenvalue weighted by Gasteiger charge is 2.23. The Hall–Kier alpha value is -0.910. The highest BCUT2D eigenvalue weighted by Crippen LogP contribution is 2.45. The van der Waals surface area contributed by atoms with Gasteiger partial charge in [0.15, 0.2) is 0 Å². The van der Waals surface area contributed by atoms with Gasteiger partial charge < -0.3 is 4.90 Å². The number of benzene rings is 1. The fourth-order valence-corrected chi connectivity index (χ4v) is 6.69. The van der Waals surface area contributed by atoms with E-state index in [-0.39, 0.29) is 5.91 Å². The quantitative estimate of drug-likeness (QED) is 0.802. The van der Waals surface area contributed by atoms with E-state index in [0.29, 0.717) is 4.58 Å². The lowest BCUT2D eigenvalue weighted by atomic mass is 10.1. The van der Waals surface area contributed by atoms with Crippen molar-refractivity contribution >= 4 is 40.8 Å². The van der Waals surface area contributed by atoms with Gasteiger partial charge in [-0.1, -0.05) is 12.1 Å². The first kappa shape index (κ1) is 14.7. The van der Waals surface area contributed by atoms with Crippen LogP contribution in [0.25, 0.3) is 0 Å². The maximum Gasteiger partial charge on any atom is 0.254 e. The average molecular weight is 348 g/mol. The average Bonchev–Trinajstić information content (AvgIpc) is 3.25. The van der Waals surface area contributed by atoms with Gasteiger partial charge >= 0.3 is 0 Å². The number of fused-ring (bicyclic) bond motifs is 1. The third-order valence-electron chi connectivity index (χ3n) is 4.15. The summed E-state index contributed by atoms with van der Waals surface area (Å²) >= 11 is 5.81. The Bertz CT molecular complexity index is 673. The molecule has 3 heterocycles. The molecule has 0 aliphatic carbocycles. The topological polar surface area (TPSA) is 20.3 Å². The predicted molar refractivity (Wildman–Crippen MR) is 96.9 cm³/mol. The lowest BCUT2D eigenvalue weighted by Crippen LogP contribution is -2.35. The van der Waals surface area contributed by atoms with Crippen LogP contribution in [-0.2, 0) is 13.0 Å². The summed E-state index contributed by atoms with van der Waals surface area (Å²) in [4.78, 5) is 16.1. The molecular formula is C17H17NOS3. The Morgan fingerprint density at radius 1 is 1.09 bits per heavy atom. The van der Waals surface area contributed by atoms with Crippen molar-refractivity contribution in [2.45, 2.75) is 17.5 Å². The SMILES string of the molecule is O=C(c1ccc(C2SCCS2)cc1)N1CCc2sccc2C1. The van der Waals surface area contributed by atoms with Gasteiger partial charge in [0.05, 0.1) is 4.58 Å². The number of carbonyl (C=O) groups is 1. The lowest BCUT2D eigenvalue weighted by molar-refractivity contribution is 0.0736. The van der Waals surface area contributed by atoms with Crippen molar-refractivity contribution in [2.75, 3.05) is 18.1 Å². The predicted octanol–water partition coefficient (Wildman–Crippen LogP) is 4.43. The molecule has 1 saturated heterocycles. The Labute approximate surface area is 143 Å². The number of hydrogen-bond donors (Lipinski definition) is 0. The minimum Gasteiger partial charge on any atom is -0.334 e. The van der Waals surface area contributed by atoms with Crippen molar-refractivity contribution in [1.29, 1.82) is 0 Å². The van der Waals surface area contributed by atoms with Crippen LogP contribution >= 0.6 is 34.9 Å². The number of rotatable bonds is 2. The first-order valence-corrected chi connectivity index (χ1v) is 10.5. The van der Waals surface area contributed by atoms with Crippen LogP contribution in [0.5, 0.6) is 0 Å². The van der Waals surface area contributed by atoms with E-state index in [1.807, 2.05) is 51.9 Å². The van der Waals surface area contributed by atoms with Gasteiger partial charge in [-0.15, -0.1) is 34.9 Å². The van der Waals surface area contributed by atoms with Gasteiger partial charge in [-0.05, 0) is 41.1 Å². The maximum absolute atomic E-state index is 12.7. The second kappa shape index (κ2) is 6.30. The van der Waals surface area contributed by atoms with Crippen molar-refractivity contribution < 1.29 is 4.79 Å². The Morgan fingerprint density at radius 3 is 2.64 bits per heavy atom. The van der Waals surface area contributed by atoms with Crippen molar-refractivity contribution in [3.05, 3.63) is 57.3 Å². The van der Waals surface area contributed by atoms with Crippen LogP contribution in [0.15, 0.2) is 35.7 Å². The molecule has 1 aromatic carbocycles. The Balaban J connectivity index is 1.48. The molecule has 0 N–H and O–H groups in total. The van der Waals surface area contributed by atoms with E-state index in [2.05, 4.69) is 23.6 Å². The van der Waals surface area contributed by atoms with Crippen LogP contribution in [0, 0.1) is 0 Å². The van der Waals surface area contributed by atoms with Gasteiger partial charge in [-0.2, -0.15) is 0 Å². The molecule has 2 aromatic rings. The Kier molecular flexibility index (Phi) is 4.20. The number of amides is 1. The molecule has 2 aliphatic heterocycles. The summed E-state index contributed by atoms with van der Waals surface area (Å²) < 4.78 is 0.549. The second-order valence-corrected chi connectivity index (χ2v) is 9.27. The van der Waals surface area contributed by atoms with E-state index in [9.17, 15) is 4.79 Å². The molecule has 5 heteroatoms. The molecule has 2 aliphatic rings. The molecule has 2 nitrogen and oxygen atoms in total. The molecule has 0 atom stereocenters. The third kappa shape index (κ3) is 2.82. The van der Waals surface area contributed by atoms with Crippen LogP contribution < -0.4 is 0 Å². The molecule has 0 spiro atoms. The minimum atomic E-state index is 0.162. The van der Waals surface area contributed by atoms with Crippen LogP contribution in [0.4, 0.5) is 0 Å². The first-order valence-electron chi connectivity index (χ1n) is 7.49. The molecule has 114 valence electrons. The molecule has 22 heavy (non-hydrogen) atoms. The van der Waals surface area contributed by atoms with Crippen LogP contribution in [0.1, 0.15) is 30.9 Å².